The van der Waals surface area contributed by atoms with Crippen molar-refractivity contribution >= 4 is 34.7 Å². The number of aromatic carboxylic acids is 1. The minimum absolute atomic E-state index is 0. The van der Waals surface area contributed by atoms with Crippen LogP contribution < -0.4 is 14.8 Å². The molecule has 10 heteroatoms. The molecule has 2 aromatic carbocycles. The van der Waals surface area contributed by atoms with Gasteiger partial charge in [0.05, 0.1) is 16.7 Å². The molecule has 2 heterocycles. The van der Waals surface area contributed by atoms with Crippen molar-refractivity contribution in [2.45, 2.75) is 31.5 Å². The molecule has 0 saturated heterocycles. The molecule has 0 radical (unpaired) electrons. The van der Waals surface area contributed by atoms with Crippen molar-refractivity contribution in [2.24, 2.45) is 0 Å². The normalized spacial score (nSPS) is 16.3. The van der Waals surface area contributed by atoms with Crippen molar-refractivity contribution in [2.75, 3.05) is 5.32 Å². The van der Waals surface area contributed by atoms with Gasteiger partial charge in [0.25, 0.3) is 0 Å². The van der Waals surface area contributed by atoms with Gasteiger partial charge in [-0.25, -0.2) is 9.78 Å². The zero-order valence-electron chi connectivity index (χ0n) is 17.8. The predicted molar refractivity (Wildman–Crippen MR) is 124 cm³/mol. The lowest BCUT2D eigenvalue weighted by atomic mass is 9.94. The molecular formula is C24H19BrF2N2O5. The zero-order chi connectivity index (χ0) is 23.4. The second-order valence-electron chi connectivity index (χ2n) is 8.11. The Hall–Kier alpha value is -3.53. The summed E-state index contributed by atoms with van der Waals surface area (Å²) in [6.07, 6.45) is -2.62. The summed E-state index contributed by atoms with van der Waals surface area (Å²) in [5.41, 5.74) is 1.79. The number of aromatic nitrogens is 1. The number of ether oxygens (including phenoxy) is 2. The summed E-state index contributed by atoms with van der Waals surface area (Å²) in [6, 6.07) is 14.2. The van der Waals surface area contributed by atoms with Gasteiger partial charge in [0, 0.05) is 5.56 Å². The number of pyridine rings is 1. The fourth-order valence-corrected chi connectivity index (χ4v) is 3.94. The van der Waals surface area contributed by atoms with Crippen molar-refractivity contribution < 1.29 is 33.0 Å². The Balaban J connectivity index is 0.00000274. The number of carbonyl (C=O) groups is 2. The molecular weight excluding hydrogens is 514 g/mol. The highest BCUT2D eigenvalue weighted by Gasteiger charge is 2.53. The van der Waals surface area contributed by atoms with Gasteiger partial charge in [0.2, 0.25) is 5.91 Å². The first-order chi connectivity index (χ1) is 15.7. The summed E-state index contributed by atoms with van der Waals surface area (Å²) in [5, 5.41) is 12.1. The molecule has 5 rings (SSSR count). The summed E-state index contributed by atoms with van der Waals surface area (Å²) < 4.78 is 35.6. The summed E-state index contributed by atoms with van der Waals surface area (Å²) in [7, 11) is 0. The van der Waals surface area contributed by atoms with Crippen molar-refractivity contribution in [1.82, 2.24) is 4.98 Å². The first-order valence-corrected chi connectivity index (χ1v) is 10.2. The number of fused-ring (bicyclic) bond motifs is 1. The molecule has 34 heavy (non-hydrogen) atoms. The molecule has 0 bridgehead atoms. The van der Waals surface area contributed by atoms with E-state index in [4.69, 9.17) is 0 Å². The third kappa shape index (κ3) is 4.21. The molecule has 7 nitrogen and oxygen atoms in total. The van der Waals surface area contributed by atoms with Crippen molar-refractivity contribution in [3.8, 4) is 22.8 Å². The number of anilines is 1. The molecule has 0 spiro atoms. The highest BCUT2D eigenvalue weighted by atomic mass is 79.9. The maximum absolute atomic E-state index is 13.3. The predicted octanol–water partition coefficient (Wildman–Crippen LogP) is 5.32. The molecule has 1 fully saturated rings. The number of alkyl halides is 2. The molecule has 1 saturated carbocycles. The fraction of sp³-hybridized carbons (Fsp3) is 0.208. The Morgan fingerprint density at radius 2 is 1.76 bits per heavy atom. The van der Waals surface area contributed by atoms with E-state index in [1.807, 2.05) is 6.92 Å². The molecule has 1 aromatic heterocycles. The quantitative estimate of drug-likeness (QED) is 0.461. The van der Waals surface area contributed by atoms with Crippen molar-refractivity contribution in [3.05, 3.63) is 71.3 Å². The molecule has 1 aliphatic heterocycles. The number of carboxylic acids is 1. The Labute approximate surface area is 203 Å². The van der Waals surface area contributed by atoms with Crippen LogP contribution in [0.5, 0.6) is 11.5 Å². The van der Waals surface area contributed by atoms with Crippen LogP contribution in [0.15, 0.2) is 54.6 Å². The van der Waals surface area contributed by atoms with Crippen molar-refractivity contribution in [3.63, 3.8) is 0 Å². The van der Waals surface area contributed by atoms with Crippen molar-refractivity contribution in [1.29, 1.82) is 0 Å². The molecule has 176 valence electrons. The third-order valence-corrected chi connectivity index (χ3v) is 5.86. The van der Waals surface area contributed by atoms with Crippen LogP contribution in [0.1, 0.15) is 34.3 Å². The number of hydrogen-bond donors (Lipinski definition) is 2. The number of benzene rings is 2. The van der Waals surface area contributed by atoms with Crippen LogP contribution in [0.25, 0.3) is 11.3 Å². The number of hydrogen-bond acceptors (Lipinski definition) is 5. The monoisotopic (exact) mass is 532 g/mol. The molecule has 0 atom stereocenters. The number of rotatable bonds is 5. The number of amides is 1. The number of nitrogens with one attached hydrogen (secondary N) is 1. The van der Waals surface area contributed by atoms with Gasteiger partial charge in [-0.15, -0.1) is 25.8 Å². The van der Waals surface area contributed by atoms with Gasteiger partial charge < -0.3 is 19.9 Å². The Morgan fingerprint density at radius 1 is 1.03 bits per heavy atom. The van der Waals surface area contributed by atoms with Crippen LogP contribution >= 0.6 is 17.0 Å². The Morgan fingerprint density at radius 3 is 2.47 bits per heavy atom. The molecule has 1 amide bonds. The molecule has 0 unspecified atom stereocenters. The summed E-state index contributed by atoms with van der Waals surface area (Å²) in [5.74, 6) is -1.23. The maximum atomic E-state index is 13.3. The first kappa shape index (κ1) is 23.6. The van der Waals surface area contributed by atoms with E-state index in [0.29, 0.717) is 35.5 Å². The largest absolute Gasteiger partial charge is 0.586 e. The first-order valence-electron chi connectivity index (χ1n) is 10.2. The van der Waals surface area contributed by atoms with Crippen LogP contribution in [0.2, 0.25) is 0 Å². The second kappa shape index (κ2) is 8.35. The lowest BCUT2D eigenvalue weighted by Gasteiger charge is -2.17. The van der Waals surface area contributed by atoms with E-state index in [2.05, 4.69) is 19.8 Å². The Bertz CT molecular complexity index is 1310. The number of nitrogens with zero attached hydrogens (tertiary/aromatic N) is 1. The van der Waals surface area contributed by atoms with Gasteiger partial charge in [-0.2, -0.15) is 0 Å². The number of carboxylic acid groups (broad SMARTS) is 1. The minimum Gasteiger partial charge on any atom is -0.478 e. The third-order valence-electron chi connectivity index (χ3n) is 5.86. The van der Waals surface area contributed by atoms with Gasteiger partial charge in [-0.3, -0.25) is 4.79 Å². The summed E-state index contributed by atoms with van der Waals surface area (Å²) >= 11 is 0. The van der Waals surface area contributed by atoms with Crippen LogP contribution in [0.4, 0.5) is 14.6 Å². The number of aryl methyl sites for hydroxylation is 1. The lowest BCUT2D eigenvalue weighted by molar-refractivity contribution is -0.286. The van der Waals surface area contributed by atoms with Gasteiger partial charge in [-0.1, -0.05) is 24.3 Å². The highest BCUT2D eigenvalue weighted by Crippen LogP contribution is 2.52. The van der Waals surface area contributed by atoms with E-state index in [9.17, 15) is 23.5 Å². The fourth-order valence-electron chi connectivity index (χ4n) is 3.94. The molecule has 1 aliphatic carbocycles. The van der Waals surface area contributed by atoms with Crippen LogP contribution in [-0.4, -0.2) is 28.3 Å². The molecule has 2 aliphatic rings. The average molecular weight is 533 g/mol. The van der Waals surface area contributed by atoms with Gasteiger partial charge in [-0.05, 0) is 61.2 Å². The van der Waals surface area contributed by atoms with E-state index >= 15 is 0 Å². The smallest absolute Gasteiger partial charge is 0.478 e. The highest BCUT2D eigenvalue weighted by molar-refractivity contribution is 8.93. The number of halogens is 3. The van der Waals surface area contributed by atoms with E-state index in [1.54, 1.807) is 30.3 Å². The maximum Gasteiger partial charge on any atom is 0.586 e. The number of carbonyl (C=O) groups excluding carboxylic acids is 1. The summed E-state index contributed by atoms with van der Waals surface area (Å²) in [6.45, 7) is 1.84. The molecule has 3 aromatic rings. The van der Waals surface area contributed by atoms with Crippen LogP contribution in [0.3, 0.4) is 0 Å². The second-order valence-corrected chi connectivity index (χ2v) is 8.11. The van der Waals surface area contributed by atoms with Crippen LogP contribution in [-0.2, 0) is 10.2 Å². The van der Waals surface area contributed by atoms with Gasteiger partial charge >= 0.3 is 12.3 Å². The van der Waals surface area contributed by atoms with Gasteiger partial charge in [0.1, 0.15) is 5.82 Å². The van der Waals surface area contributed by atoms with E-state index in [0.717, 1.165) is 5.56 Å². The molecule has 2 N–H and O–H groups in total. The Kier molecular flexibility index (Phi) is 5.80. The standard InChI is InChI=1S/C24H18F2N2O5.BrH/c1-13-5-8-19(27-20(13)14-3-2-4-15(11-14)21(29)30)28-22(31)23(9-10-23)16-6-7-17-18(12-16)33-24(25,26)32-17;/h2-8,11-12H,9-10H2,1H3,(H,29,30)(H,27,28,31);1H. The topological polar surface area (TPSA) is 97.8 Å². The lowest BCUT2D eigenvalue weighted by Crippen LogP contribution is -2.28. The van der Waals surface area contributed by atoms with E-state index in [1.165, 1.54) is 24.3 Å². The van der Waals surface area contributed by atoms with Gasteiger partial charge in [0.15, 0.2) is 11.5 Å². The SMILES string of the molecule is Br.Cc1ccc(NC(=O)C2(c3ccc4c(c3)OC(F)(F)O4)CC2)nc1-c1cccc(C(=O)O)c1. The average Bonchev–Trinajstić information content (AvgIpc) is 3.52. The van der Waals surface area contributed by atoms with E-state index in [-0.39, 0.29) is 40.0 Å². The summed E-state index contributed by atoms with van der Waals surface area (Å²) in [4.78, 5) is 29.0. The van der Waals surface area contributed by atoms with Crippen LogP contribution in [0, 0.1) is 6.92 Å². The zero-order valence-corrected chi connectivity index (χ0v) is 19.5. The van der Waals surface area contributed by atoms with E-state index < -0.39 is 17.7 Å². The minimum atomic E-state index is -3.72.